The highest BCUT2D eigenvalue weighted by Crippen LogP contribution is 2.38. The van der Waals surface area contributed by atoms with Gasteiger partial charge in [0.25, 0.3) is 0 Å². The molecule has 1 aromatic heterocycles. The molecule has 0 unspecified atom stereocenters. The molecule has 7 nitrogen and oxygen atoms in total. The molecule has 33 heavy (non-hydrogen) atoms. The number of pyridine rings is 1. The largest absolute Gasteiger partial charge is 0.496 e. The lowest BCUT2D eigenvalue weighted by Gasteiger charge is -2.35. The number of nitrogens with zero attached hydrogens (tertiary/aromatic N) is 2. The van der Waals surface area contributed by atoms with Gasteiger partial charge >= 0.3 is 5.97 Å². The van der Waals surface area contributed by atoms with Crippen LogP contribution in [0.5, 0.6) is 5.75 Å². The van der Waals surface area contributed by atoms with Crippen LogP contribution in [-0.4, -0.2) is 48.1 Å². The summed E-state index contributed by atoms with van der Waals surface area (Å²) in [7, 11) is 1.58. The number of benzene rings is 1. The Balaban J connectivity index is 1.64. The van der Waals surface area contributed by atoms with Crippen molar-refractivity contribution in [2.24, 2.45) is 0 Å². The maximum atomic E-state index is 13.4. The molecule has 0 aliphatic carbocycles. The summed E-state index contributed by atoms with van der Waals surface area (Å²) in [5, 5.41) is 0.349. The molecule has 1 aromatic carbocycles. The maximum Gasteiger partial charge on any atom is 0.336 e. The fraction of sp³-hybridized carbons (Fsp3) is 0.400. The monoisotopic (exact) mass is 470 g/mol. The fourth-order valence-corrected chi connectivity index (χ4v) is 4.53. The third kappa shape index (κ3) is 5.20. The molecule has 0 radical (unpaired) electrons. The minimum atomic E-state index is -0.469. The molecule has 0 spiro atoms. The summed E-state index contributed by atoms with van der Waals surface area (Å²) in [5.74, 6) is -0.339. The highest BCUT2D eigenvalue weighted by molar-refractivity contribution is 6.29. The number of para-hydroxylation sites is 1. The number of hydrogen-bond donors (Lipinski definition) is 0. The number of aromatic nitrogens is 1. The van der Waals surface area contributed by atoms with E-state index in [9.17, 15) is 9.59 Å². The smallest absolute Gasteiger partial charge is 0.336 e. The standard InChI is InChI=1S/C25H27ClN2O5/c1-16-24(25(30)33-15-18-6-3-4-8-21(18)31-2)20(17-9-10-22(26)27-13-17)12-23(29)28(16)14-19-7-5-11-32-19/h3-4,6,8-10,13,19-20H,5,7,11-12,14-15H2,1-2H3/t19-,20-/m0/s1. The lowest BCUT2D eigenvalue weighted by molar-refractivity contribution is -0.141. The van der Waals surface area contributed by atoms with Gasteiger partial charge in [0.2, 0.25) is 5.91 Å². The van der Waals surface area contributed by atoms with E-state index in [1.165, 1.54) is 0 Å². The van der Waals surface area contributed by atoms with Crippen LogP contribution in [0.4, 0.5) is 0 Å². The van der Waals surface area contributed by atoms with Crippen molar-refractivity contribution in [1.29, 1.82) is 0 Å². The lowest BCUT2D eigenvalue weighted by Crippen LogP contribution is -2.42. The molecule has 0 N–H and O–H groups in total. The van der Waals surface area contributed by atoms with Crippen LogP contribution in [0, 0.1) is 0 Å². The molecule has 0 saturated carbocycles. The molecule has 2 aliphatic heterocycles. The average molecular weight is 471 g/mol. The van der Waals surface area contributed by atoms with Crippen LogP contribution in [0.2, 0.25) is 5.15 Å². The van der Waals surface area contributed by atoms with E-state index in [-0.39, 0.29) is 25.0 Å². The molecule has 3 heterocycles. The Bertz CT molecular complexity index is 1050. The van der Waals surface area contributed by atoms with Gasteiger partial charge in [0, 0.05) is 36.4 Å². The highest BCUT2D eigenvalue weighted by atomic mass is 35.5. The SMILES string of the molecule is COc1ccccc1COC(=O)C1=C(C)N(C[C@@H]2CCCO2)C(=O)C[C@H]1c1ccc(Cl)nc1. The lowest BCUT2D eigenvalue weighted by atomic mass is 9.84. The van der Waals surface area contributed by atoms with Crippen molar-refractivity contribution in [3.05, 3.63) is 70.1 Å². The zero-order valence-corrected chi connectivity index (χ0v) is 19.5. The predicted molar refractivity (Wildman–Crippen MR) is 123 cm³/mol. The number of rotatable bonds is 7. The van der Waals surface area contributed by atoms with Crippen LogP contribution in [-0.2, 0) is 25.7 Å². The number of carbonyl (C=O) groups is 2. The molecule has 174 valence electrons. The second kappa shape index (κ2) is 10.4. The van der Waals surface area contributed by atoms with Gasteiger partial charge in [0.15, 0.2) is 0 Å². The number of ether oxygens (including phenoxy) is 3. The quantitative estimate of drug-likeness (QED) is 0.444. The van der Waals surface area contributed by atoms with Crippen LogP contribution in [0.15, 0.2) is 53.9 Å². The van der Waals surface area contributed by atoms with Gasteiger partial charge in [-0.25, -0.2) is 9.78 Å². The van der Waals surface area contributed by atoms with Crippen molar-refractivity contribution in [3.63, 3.8) is 0 Å². The number of hydrogen-bond acceptors (Lipinski definition) is 6. The van der Waals surface area contributed by atoms with E-state index >= 15 is 0 Å². The first-order valence-electron chi connectivity index (χ1n) is 11.0. The Hall–Kier alpha value is -2.90. The summed E-state index contributed by atoms with van der Waals surface area (Å²) in [6.07, 6.45) is 3.60. The van der Waals surface area contributed by atoms with E-state index < -0.39 is 11.9 Å². The first-order chi connectivity index (χ1) is 16.0. The first-order valence-corrected chi connectivity index (χ1v) is 11.4. The average Bonchev–Trinajstić information content (AvgIpc) is 3.34. The summed E-state index contributed by atoms with van der Waals surface area (Å²) in [6.45, 7) is 2.98. The summed E-state index contributed by atoms with van der Waals surface area (Å²) in [6, 6.07) is 10.8. The number of amides is 1. The molecule has 2 atom stereocenters. The van der Waals surface area contributed by atoms with E-state index in [2.05, 4.69) is 4.98 Å². The summed E-state index contributed by atoms with van der Waals surface area (Å²) in [5.41, 5.74) is 2.55. The van der Waals surface area contributed by atoms with Gasteiger partial charge < -0.3 is 19.1 Å². The summed E-state index contributed by atoms with van der Waals surface area (Å²) in [4.78, 5) is 32.3. The van der Waals surface area contributed by atoms with Crippen molar-refractivity contribution in [1.82, 2.24) is 9.88 Å². The topological polar surface area (TPSA) is 78.0 Å². The third-order valence-electron chi connectivity index (χ3n) is 6.16. The van der Waals surface area contributed by atoms with Gasteiger partial charge in [0.05, 0.1) is 25.3 Å². The molecule has 8 heteroatoms. The van der Waals surface area contributed by atoms with Crippen LogP contribution in [0.1, 0.15) is 43.2 Å². The Labute approximate surface area is 198 Å². The Kier molecular flexibility index (Phi) is 7.30. The van der Waals surface area contributed by atoms with Crippen LogP contribution >= 0.6 is 11.6 Å². The van der Waals surface area contributed by atoms with Crippen LogP contribution in [0.3, 0.4) is 0 Å². The van der Waals surface area contributed by atoms with E-state index in [4.69, 9.17) is 25.8 Å². The van der Waals surface area contributed by atoms with Crippen molar-refractivity contribution in [3.8, 4) is 5.75 Å². The van der Waals surface area contributed by atoms with Gasteiger partial charge in [-0.15, -0.1) is 0 Å². The molecular weight excluding hydrogens is 444 g/mol. The predicted octanol–water partition coefficient (Wildman–Crippen LogP) is 4.26. The first kappa shape index (κ1) is 23.3. The normalized spacial score (nSPS) is 20.8. The minimum Gasteiger partial charge on any atom is -0.496 e. The zero-order chi connectivity index (χ0) is 23.4. The molecule has 4 rings (SSSR count). The van der Waals surface area contributed by atoms with E-state index in [0.717, 1.165) is 24.0 Å². The molecule has 2 aliphatic rings. The van der Waals surface area contributed by atoms with Crippen molar-refractivity contribution >= 4 is 23.5 Å². The third-order valence-corrected chi connectivity index (χ3v) is 6.38. The number of carbonyl (C=O) groups excluding carboxylic acids is 2. The van der Waals surface area contributed by atoms with E-state index in [1.807, 2.05) is 24.3 Å². The molecule has 0 bridgehead atoms. The van der Waals surface area contributed by atoms with Crippen LogP contribution < -0.4 is 4.74 Å². The summed E-state index contributed by atoms with van der Waals surface area (Å²) >= 11 is 5.96. The number of esters is 1. The summed E-state index contributed by atoms with van der Waals surface area (Å²) < 4.78 is 16.8. The fourth-order valence-electron chi connectivity index (χ4n) is 4.41. The number of halogens is 1. The van der Waals surface area contributed by atoms with Crippen molar-refractivity contribution in [2.75, 3.05) is 20.3 Å². The minimum absolute atomic E-state index is 0.0245. The molecule has 1 saturated heterocycles. The Morgan fingerprint density at radius 1 is 1.27 bits per heavy atom. The van der Waals surface area contributed by atoms with Crippen LogP contribution in [0.25, 0.3) is 0 Å². The van der Waals surface area contributed by atoms with E-state index in [1.54, 1.807) is 37.3 Å². The van der Waals surface area contributed by atoms with Crippen molar-refractivity contribution < 1.29 is 23.8 Å². The molecule has 1 amide bonds. The maximum absolute atomic E-state index is 13.4. The molecule has 1 fully saturated rings. The number of methoxy groups -OCH3 is 1. The zero-order valence-electron chi connectivity index (χ0n) is 18.8. The van der Waals surface area contributed by atoms with Gasteiger partial charge in [-0.05, 0) is 37.5 Å². The van der Waals surface area contributed by atoms with Gasteiger partial charge in [-0.3, -0.25) is 4.79 Å². The van der Waals surface area contributed by atoms with Crippen molar-refractivity contribution in [2.45, 2.75) is 44.8 Å². The van der Waals surface area contributed by atoms with Gasteiger partial charge in [-0.1, -0.05) is 35.9 Å². The van der Waals surface area contributed by atoms with E-state index in [0.29, 0.717) is 35.3 Å². The Morgan fingerprint density at radius 3 is 2.79 bits per heavy atom. The van der Waals surface area contributed by atoms with Gasteiger partial charge in [-0.2, -0.15) is 0 Å². The molecular formula is C25H27ClN2O5. The Morgan fingerprint density at radius 2 is 2.09 bits per heavy atom. The second-order valence-electron chi connectivity index (χ2n) is 8.20. The highest BCUT2D eigenvalue weighted by Gasteiger charge is 2.38. The second-order valence-corrected chi connectivity index (χ2v) is 8.58. The van der Waals surface area contributed by atoms with Gasteiger partial charge in [0.1, 0.15) is 17.5 Å². The molecule has 2 aromatic rings. The number of allylic oxidation sites excluding steroid dienone is 1.